The third kappa shape index (κ3) is 4.21. The molecule has 0 bridgehead atoms. The van der Waals surface area contributed by atoms with E-state index in [-0.39, 0.29) is 23.9 Å². The summed E-state index contributed by atoms with van der Waals surface area (Å²) in [5.74, 6) is -0.00303. The Hall–Kier alpha value is -1.41. The molecule has 1 fully saturated rings. The van der Waals surface area contributed by atoms with Crippen LogP contribution in [-0.2, 0) is 29.8 Å². The van der Waals surface area contributed by atoms with Crippen LogP contribution < -0.4 is 10.6 Å². The average molecular weight is 411 g/mol. The molecule has 2 aliphatic rings. The van der Waals surface area contributed by atoms with Gasteiger partial charge in [-0.25, -0.2) is 0 Å². The second-order valence-corrected chi connectivity index (χ2v) is 8.15. The summed E-state index contributed by atoms with van der Waals surface area (Å²) < 4.78 is 8.13. The molecule has 1 spiro atoms. The van der Waals surface area contributed by atoms with Gasteiger partial charge in [0.25, 0.3) is 5.91 Å². The number of hydrogen-bond donors (Lipinski definition) is 2. The van der Waals surface area contributed by atoms with E-state index < -0.39 is 0 Å². The SMILES string of the molecule is CCCn1cc(CNC(=O)c2cc3c(s2)C2(CCNCC2)OCC3)cn1.Cl. The summed E-state index contributed by atoms with van der Waals surface area (Å²) in [4.78, 5) is 14.7. The molecule has 0 atom stereocenters. The van der Waals surface area contributed by atoms with E-state index in [4.69, 9.17) is 4.74 Å². The monoisotopic (exact) mass is 410 g/mol. The van der Waals surface area contributed by atoms with Gasteiger partial charge in [0.05, 0.1) is 17.7 Å². The van der Waals surface area contributed by atoms with Gasteiger partial charge in [0.1, 0.15) is 5.60 Å². The van der Waals surface area contributed by atoms with Crippen molar-refractivity contribution < 1.29 is 9.53 Å². The van der Waals surface area contributed by atoms with E-state index in [1.54, 1.807) is 11.3 Å². The van der Waals surface area contributed by atoms with Gasteiger partial charge >= 0.3 is 0 Å². The standard InChI is InChI=1S/C19H26N4O2S.ClH/c1-2-8-23-13-14(12-22-23)11-21-18(24)16-10-15-3-9-25-19(17(15)26-16)4-6-20-7-5-19;/h10,12-13,20H,2-9,11H2,1H3,(H,21,24);1H. The van der Waals surface area contributed by atoms with Gasteiger partial charge < -0.3 is 15.4 Å². The fourth-order valence-electron chi connectivity index (χ4n) is 3.85. The van der Waals surface area contributed by atoms with Crippen molar-refractivity contribution in [2.75, 3.05) is 19.7 Å². The lowest BCUT2D eigenvalue weighted by molar-refractivity contribution is -0.0771. The third-order valence-corrected chi connectivity index (χ3v) is 6.56. The van der Waals surface area contributed by atoms with Gasteiger partial charge in [-0.15, -0.1) is 23.7 Å². The third-order valence-electron chi connectivity index (χ3n) is 5.20. The number of nitrogens with zero attached hydrogens (tertiary/aromatic N) is 2. The molecule has 8 heteroatoms. The van der Waals surface area contributed by atoms with Crippen molar-refractivity contribution >= 4 is 29.7 Å². The normalized spacial score (nSPS) is 18.0. The lowest BCUT2D eigenvalue weighted by Gasteiger charge is -2.40. The van der Waals surface area contributed by atoms with Crippen LogP contribution in [0, 0.1) is 0 Å². The van der Waals surface area contributed by atoms with Crippen LogP contribution in [0.15, 0.2) is 18.5 Å². The van der Waals surface area contributed by atoms with Gasteiger partial charge in [0.2, 0.25) is 0 Å². The topological polar surface area (TPSA) is 68.2 Å². The first-order valence-electron chi connectivity index (χ1n) is 9.47. The van der Waals surface area contributed by atoms with Crippen LogP contribution in [0.4, 0.5) is 0 Å². The van der Waals surface area contributed by atoms with Crippen LogP contribution in [0.3, 0.4) is 0 Å². The van der Waals surface area contributed by atoms with E-state index in [1.807, 2.05) is 17.1 Å². The number of carbonyl (C=O) groups is 1. The van der Waals surface area contributed by atoms with Gasteiger partial charge in [-0.1, -0.05) is 6.92 Å². The number of carbonyl (C=O) groups excluding carboxylic acids is 1. The molecule has 6 nitrogen and oxygen atoms in total. The van der Waals surface area contributed by atoms with Gasteiger partial charge in [-0.05, 0) is 50.4 Å². The summed E-state index contributed by atoms with van der Waals surface area (Å²) >= 11 is 1.61. The summed E-state index contributed by atoms with van der Waals surface area (Å²) in [6, 6.07) is 2.07. The van der Waals surface area contributed by atoms with Crippen molar-refractivity contribution in [1.82, 2.24) is 20.4 Å². The smallest absolute Gasteiger partial charge is 0.261 e. The van der Waals surface area contributed by atoms with E-state index in [9.17, 15) is 4.79 Å². The highest BCUT2D eigenvalue weighted by molar-refractivity contribution is 7.14. The molecule has 2 aromatic heterocycles. The molecule has 4 rings (SSSR count). The molecular weight excluding hydrogens is 384 g/mol. The molecule has 2 N–H and O–H groups in total. The molecule has 1 saturated heterocycles. The fourth-order valence-corrected chi connectivity index (χ4v) is 5.18. The van der Waals surface area contributed by atoms with E-state index in [0.717, 1.165) is 62.4 Å². The Kier molecular flexibility index (Phi) is 6.57. The van der Waals surface area contributed by atoms with Crippen molar-refractivity contribution in [3.05, 3.63) is 39.3 Å². The van der Waals surface area contributed by atoms with E-state index in [0.29, 0.717) is 6.54 Å². The Morgan fingerprint density at radius 2 is 2.26 bits per heavy atom. The van der Waals surface area contributed by atoms with Crippen LogP contribution in [0.2, 0.25) is 0 Å². The maximum absolute atomic E-state index is 12.7. The molecule has 0 aromatic carbocycles. The maximum Gasteiger partial charge on any atom is 0.261 e. The van der Waals surface area contributed by atoms with Crippen molar-refractivity contribution in [3.63, 3.8) is 0 Å². The number of ether oxygens (including phenoxy) is 1. The lowest BCUT2D eigenvalue weighted by Crippen LogP contribution is -2.43. The van der Waals surface area contributed by atoms with Crippen LogP contribution in [-0.4, -0.2) is 35.4 Å². The summed E-state index contributed by atoms with van der Waals surface area (Å²) in [5, 5.41) is 10.8. The minimum Gasteiger partial charge on any atom is -0.369 e. The predicted octanol–water partition coefficient (Wildman–Crippen LogP) is 2.86. The second kappa shape index (κ2) is 8.73. The van der Waals surface area contributed by atoms with Crippen LogP contribution in [0.5, 0.6) is 0 Å². The first-order valence-corrected chi connectivity index (χ1v) is 10.3. The van der Waals surface area contributed by atoms with Gasteiger partial charge in [0, 0.05) is 29.7 Å². The van der Waals surface area contributed by atoms with E-state index in [1.165, 1.54) is 10.4 Å². The molecule has 2 aliphatic heterocycles. The first kappa shape index (κ1) is 20.3. The zero-order chi connectivity index (χ0) is 18.0. The summed E-state index contributed by atoms with van der Waals surface area (Å²) in [6.45, 7) is 6.24. The number of nitrogens with one attached hydrogen (secondary N) is 2. The Labute approximate surface area is 170 Å². The predicted molar refractivity (Wildman–Crippen MR) is 109 cm³/mol. The highest BCUT2D eigenvalue weighted by Crippen LogP contribution is 2.44. The number of hydrogen-bond acceptors (Lipinski definition) is 5. The molecule has 0 aliphatic carbocycles. The molecule has 0 saturated carbocycles. The molecule has 2 aromatic rings. The maximum atomic E-state index is 12.7. The number of fused-ring (bicyclic) bond motifs is 2. The number of thiophene rings is 1. The average Bonchev–Trinajstić information content (AvgIpc) is 3.29. The Balaban J connectivity index is 0.00000210. The molecular formula is C19H27ClN4O2S. The zero-order valence-corrected chi connectivity index (χ0v) is 17.3. The number of rotatable bonds is 5. The van der Waals surface area contributed by atoms with Crippen molar-refractivity contribution in [2.24, 2.45) is 0 Å². The number of amides is 1. The highest BCUT2D eigenvalue weighted by Gasteiger charge is 2.41. The quantitative estimate of drug-likeness (QED) is 0.795. The lowest BCUT2D eigenvalue weighted by atomic mass is 9.86. The Morgan fingerprint density at radius 1 is 1.44 bits per heavy atom. The highest BCUT2D eigenvalue weighted by atomic mass is 35.5. The fraction of sp³-hybridized carbons (Fsp3) is 0.579. The first-order chi connectivity index (χ1) is 12.7. The van der Waals surface area contributed by atoms with Crippen molar-refractivity contribution in [3.8, 4) is 0 Å². The summed E-state index contributed by atoms with van der Waals surface area (Å²) in [7, 11) is 0. The second-order valence-electron chi connectivity index (χ2n) is 7.10. The number of halogens is 1. The van der Waals surface area contributed by atoms with Crippen LogP contribution in [0.1, 0.15) is 51.9 Å². The number of aromatic nitrogens is 2. The molecule has 0 unspecified atom stereocenters. The molecule has 148 valence electrons. The van der Waals surface area contributed by atoms with Gasteiger partial charge in [0.15, 0.2) is 0 Å². The van der Waals surface area contributed by atoms with Crippen molar-refractivity contribution in [2.45, 2.75) is 51.3 Å². The van der Waals surface area contributed by atoms with Crippen molar-refractivity contribution in [1.29, 1.82) is 0 Å². The summed E-state index contributed by atoms with van der Waals surface area (Å²) in [6.07, 6.45) is 7.75. The molecule has 27 heavy (non-hydrogen) atoms. The zero-order valence-electron chi connectivity index (χ0n) is 15.6. The Morgan fingerprint density at radius 3 is 3.04 bits per heavy atom. The van der Waals surface area contributed by atoms with Crippen LogP contribution in [0.25, 0.3) is 0 Å². The molecule has 4 heterocycles. The van der Waals surface area contributed by atoms with E-state index >= 15 is 0 Å². The van der Waals surface area contributed by atoms with E-state index in [2.05, 4.69) is 28.7 Å². The van der Waals surface area contributed by atoms with Crippen LogP contribution >= 0.6 is 23.7 Å². The van der Waals surface area contributed by atoms with Gasteiger partial charge in [-0.2, -0.15) is 5.10 Å². The molecule has 0 radical (unpaired) electrons. The minimum atomic E-state index is -0.177. The largest absolute Gasteiger partial charge is 0.369 e. The van der Waals surface area contributed by atoms with Gasteiger partial charge in [-0.3, -0.25) is 9.48 Å². The summed E-state index contributed by atoms with van der Waals surface area (Å²) in [5.41, 5.74) is 2.15. The molecule has 1 amide bonds. The number of aryl methyl sites for hydroxylation is 1. The Bertz CT molecular complexity index is 783. The number of piperidine rings is 1. The minimum absolute atomic E-state index is 0.